The number of hydrogen-bond donors (Lipinski definition) is 5. The number of pyridine rings is 2. The van der Waals surface area contributed by atoms with Gasteiger partial charge in [-0.2, -0.15) is 0 Å². The normalized spacial score (nSPS) is 9.39. The zero-order chi connectivity index (χ0) is 13.7. The molecule has 2 rings (SSSR count). The van der Waals surface area contributed by atoms with E-state index in [1.165, 1.54) is 0 Å². The van der Waals surface area contributed by atoms with Crippen LogP contribution in [0, 0.1) is 6.92 Å². The molecule has 0 saturated carbocycles. The fourth-order valence-corrected chi connectivity index (χ4v) is 1.09. The van der Waals surface area contributed by atoms with Crippen molar-refractivity contribution < 1.29 is 0 Å². The summed E-state index contributed by atoms with van der Waals surface area (Å²) in [4.78, 5) is 7.50. The summed E-state index contributed by atoms with van der Waals surface area (Å²) in [6, 6.07) is 4.97. The maximum Gasteiger partial charge on any atom is 0.149 e. The number of nitrogen functional groups attached to an aromatic ring is 5. The van der Waals surface area contributed by atoms with Crippen molar-refractivity contribution >= 4 is 28.8 Å². The van der Waals surface area contributed by atoms with Gasteiger partial charge < -0.3 is 28.7 Å². The number of hydrogen-bond acceptors (Lipinski definition) is 7. The van der Waals surface area contributed by atoms with Gasteiger partial charge >= 0.3 is 0 Å². The zero-order valence-electron chi connectivity index (χ0n) is 10.1. The predicted molar refractivity (Wildman–Crippen MR) is 75.3 cm³/mol. The van der Waals surface area contributed by atoms with Gasteiger partial charge in [-0.25, -0.2) is 9.97 Å². The van der Waals surface area contributed by atoms with E-state index < -0.39 is 0 Å². The van der Waals surface area contributed by atoms with Gasteiger partial charge in [-0.1, -0.05) is 0 Å². The molecule has 18 heavy (non-hydrogen) atoms. The van der Waals surface area contributed by atoms with Crippen LogP contribution in [-0.2, 0) is 0 Å². The highest BCUT2D eigenvalue weighted by atomic mass is 14.9. The lowest BCUT2D eigenvalue weighted by atomic mass is 10.2. The average molecular weight is 247 g/mol. The highest BCUT2D eigenvalue weighted by molar-refractivity contribution is 5.60. The topological polar surface area (TPSA) is 156 Å². The first-order chi connectivity index (χ1) is 8.40. The summed E-state index contributed by atoms with van der Waals surface area (Å²) >= 11 is 0. The summed E-state index contributed by atoms with van der Waals surface area (Å²) in [6.07, 6.45) is 1.56. The number of rotatable bonds is 0. The summed E-state index contributed by atoms with van der Waals surface area (Å²) in [5, 5.41) is 0. The molecule has 2 heterocycles. The van der Waals surface area contributed by atoms with Crippen molar-refractivity contribution in [2.45, 2.75) is 6.92 Å². The summed E-state index contributed by atoms with van der Waals surface area (Å²) in [6.45, 7) is 1.90. The SMILES string of the molecule is Cc1cc(N)ncc1N.Nc1ccc(N)c(N)n1. The Labute approximate surface area is 105 Å². The van der Waals surface area contributed by atoms with Crippen LogP contribution in [0.4, 0.5) is 28.8 Å². The third-order valence-electron chi connectivity index (χ3n) is 2.15. The number of nitrogens with two attached hydrogens (primary N) is 5. The second kappa shape index (κ2) is 5.58. The molecule has 7 heteroatoms. The molecule has 0 aliphatic heterocycles. The van der Waals surface area contributed by atoms with Crippen LogP contribution in [0.15, 0.2) is 24.4 Å². The van der Waals surface area contributed by atoms with Gasteiger partial charge in [0.25, 0.3) is 0 Å². The summed E-state index contributed by atoms with van der Waals surface area (Å²) in [7, 11) is 0. The number of aromatic nitrogens is 2. The van der Waals surface area contributed by atoms with Crippen LogP contribution in [0.5, 0.6) is 0 Å². The Bertz CT molecular complexity index is 489. The number of aryl methyl sites for hydroxylation is 1. The Morgan fingerprint density at radius 2 is 1.56 bits per heavy atom. The lowest BCUT2D eigenvalue weighted by molar-refractivity contribution is 1.30. The first-order valence-corrected chi connectivity index (χ1v) is 5.15. The Morgan fingerprint density at radius 1 is 0.889 bits per heavy atom. The lowest BCUT2D eigenvalue weighted by Gasteiger charge is -1.97. The van der Waals surface area contributed by atoms with Crippen LogP contribution < -0.4 is 28.7 Å². The van der Waals surface area contributed by atoms with Crippen LogP contribution in [0.25, 0.3) is 0 Å². The van der Waals surface area contributed by atoms with E-state index in [4.69, 9.17) is 28.7 Å². The second-order valence-electron chi connectivity index (χ2n) is 3.68. The third kappa shape index (κ3) is 3.71. The van der Waals surface area contributed by atoms with Crippen LogP contribution >= 0.6 is 0 Å². The minimum absolute atomic E-state index is 0.287. The average Bonchev–Trinajstić information content (AvgIpc) is 2.30. The lowest BCUT2D eigenvalue weighted by Crippen LogP contribution is -1.99. The Balaban J connectivity index is 0.000000180. The van der Waals surface area contributed by atoms with E-state index in [0.717, 1.165) is 5.56 Å². The van der Waals surface area contributed by atoms with E-state index >= 15 is 0 Å². The summed E-state index contributed by atoms with van der Waals surface area (Å²) < 4.78 is 0. The molecule has 2 aromatic heterocycles. The van der Waals surface area contributed by atoms with Crippen LogP contribution in [0.1, 0.15) is 5.56 Å². The summed E-state index contributed by atoms with van der Waals surface area (Å²) in [5.74, 6) is 1.19. The molecule has 0 atom stereocenters. The third-order valence-corrected chi connectivity index (χ3v) is 2.15. The molecule has 2 aromatic rings. The molecule has 0 spiro atoms. The maximum atomic E-state index is 5.47. The largest absolute Gasteiger partial charge is 0.397 e. The Morgan fingerprint density at radius 3 is 2.00 bits per heavy atom. The standard InChI is InChI=1S/C6H9N3.C5H8N4/c1-4-2-6(8)9-3-5(4)7;6-3-1-2-4(7)9-5(3)8/h2-3H,7H2,1H3,(H2,8,9);1-2H,6H2,(H4,7,8,9). The van der Waals surface area contributed by atoms with Crippen molar-refractivity contribution in [3.8, 4) is 0 Å². The van der Waals surface area contributed by atoms with E-state index in [9.17, 15) is 0 Å². The van der Waals surface area contributed by atoms with E-state index in [0.29, 0.717) is 23.0 Å². The van der Waals surface area contributed by atoms with E-state index in [2.05, 4.69) is 9.97 Å². The quantitative estimate of drug-likeness (QED) is 0.450. The molecule has 7 nitrogen and oxygen atoms in total. The highest BCUT2D eigenvalue weighted by Crippen LogP contribution is 2.11. The van der Waals surface area contributed by atoms with E-state index in [-0.39, 0.29) is 5.82 Å². The van der Waals surface area contributed by atoms with Crippen LogP contribution in [-0.4, -0.2) is 9.97 Å². The van der Waals surface area contributed by atoms with Gasteiger partial charge in [0.2, 0.25) is 0 Å². The van der Waals surface area contributed by atoms with Crippen molar-refractivity contribution in [1.82, 2.24) is 9.97 Å². The minimum Gasteiger partial charge on any atom is -0.397 e. The Kier molecular flexibility index (Phi) is 4.14. The van der Waals surface area contributed by atoms with Crippen molar-refractivity contribution in [3.05, 3.63) is 30.0 Å². The van der Waals surface area contributed by atoms with Crippen molar-refractivity contribution in [2.75, 3.05) is 28.7 Å². The number of nitrogens with zero attached hydrogens (tertiary/aromatic N) is 2. The van der Waals surface area contributed by atoms with Crippen molar-refractivity contribution in [2.24, 2.45) is 0 Å². The fraction of sp³-hybridized carbons (Fsp3) is 0.0909. The van der Waals surface area contributed by atoms with Gasteiger partial charge in [0.05, 0.1) is 17.6 Å². The first kappa shape index (κ1) is 13.4. The molecule has 0 unspecified atom stereocenters. The minimum atomic E-state index is 0.287. The molecule has 0 saturated heterocycles. The van der Waals surface area contributed by atoms with E-state index in [1.54, 1.807) is 24.4 Å². The van der Waals surface area contributed by atoms with Gasteiger partial charge in [0, 0.05) is 0 Å². The molecule has 96 valence electrons. The second-order valence-corrected chi connectivity index (χ2v) is 3.68. The van der Waals surface area contributed by atoms with Gasteiger partial charge in [0.1, 0.15) is 17.5 Å². The molecule has 0 amide bonds. The highest BCUT2D eigenvalue weighted by Gasteiger charge is 1.93. The molecule has 0 aliphatic carbocycles. The van der Waals surface area contributed by atoms with E-state index in [1.807, 2.05) is 6.92 Å². The monoisotopic (exact) mass is 247 g/mol. The smallest absolute Gasteiger partial charge is 0.149 e. The van der Waals surface area contributed by atoms with Gasteiger partial charge in [0.15, 0.2) is 0 Å². The molecule has 0 bridgehead atoms. The Hall–Kier alpha value is -2.70. The predicted octanol–water partition coefficient (Wildman–Crippen LogP) is 0.383. The first-order valence-electron chi connectivity index (χ1n) is 5.15. The molecule has 0 fully saturated rings. The zero-order valence-corrected chi connectivity index (χ0v) is 10.1. The van der Waals surface area contributed by atoms with Crippen LogP contribution in [0.2, 0.25) is 0 Å². The molecular weight excluding hydrogens is 230 g/mol. The van der Waals surface area contributed by atoms with Gasteiger partial charge in [-0.05, 0) is 30.7 Å². The molecule has 0 aliphatic rings. The summed E-state index contributed by atoms with van der Waals surface area (Å²) in [5.41, 5.74) is 28.9. The maximum absolute atomic E-state index is 5.47. The molecule has 0 radical (unpaired) electrons. The van der Waals surface area contributed by atoms with Gasteiger partial charge in [-0.3, -0.25) is 0 Å². The molecule has 10 N–H and O–H groups in total. The van der Waals surface area contributed by atoms with Crippen LogP contribution in [0.3, 0.4) is 0 Å². The van der Waals surface area contributed by atoms with Crippen molar-refractivity contribution in [1.29, 1.82) is 0 Å². The van der Waals surface area contributed by atoms with Gasteiger partial charge in [-0.15, -0.1) is 0 Å². The fourth-order valence-electron chi connectivity index (χ4n) is 1.09. The van der Waals surface area contributed by atoms with Crippen molar-refractivity contribution in [3.63, 3.8) is 0 Å². The molecular formula is C11H17N7. The molecule has 0 aromatic carbocycles. The number of anilines is 5.